The van der Waals surface area contributed by atoms with Crippen LogP contribution >= 0.6 is 0 Å². The molecule has 0 amide bonds. The van der Waals surface area contributed by atoms with Gasteiger partial charge in [0.15, 0.2) is 5.58 Å². The van der Waals surface area contributed by atoms with Gasteiger partial charge in [-0.05, 0) is 31.5 Å². The highest BCUT2D eigenvalue weighted by atomic mass is 32.2. The van der Waals surface area contributed by atoms with Gasteiger partial charge in [-0.1, -0.05) is 12.1 Å². The zero-order valence-corrected chi connectivity index (χ0v) is 10.6. The Morgan fingerprint density at radius 3 is 2.94 bits per heavy atom. The Kier molecular flexibility index (Phi) is 2.83. The summed E-state index contributed by atoms with van der Waals surface area (Å²) in [5, 5.41) is 3.00. The molecule has 1 aromatic heterocycles. The van der Waals surface area contributed by atoms with Crippen molar-refractivity contribution in [3.05, 3.63) is 24.3 Å². The fourth-order valence-electron chi connectivity index (χ4n) is 2.22. The number of benzene rings is 1. The van der Waals surface area contributed by atoms with Gasteiger partial charge in [-0.2, -0.15) is 4.98 Å². The molecule has 0 bridgehead atoms. The van der Waals surface area contributed by atoms with Crippen LogP contribution in [0.1, 0.15) is 12.8 Å². The lowest BCUT2D eigenvalue weighted by atomic mass is 10.3. The number of oxazole rings is 1. The zero-order chi connectivity index (χ0) is 12.6. The number of rotatable bonds is 3. The van der Waals surface area contributed by atoms with Crippen LogP contribution in [-0.2, 0) is 9.84 Å². The van der Waals surface area contributed by atoms with Crippen LogP contribution in [-0.4, -0.2) is 31.7 Å². The standard InChI is InChI=1S/C12H14N2O3S/c15-18(16,8-9-4-3-7-13-9)12-14-10-5-1-2-6-11(10)17-12/h1-2,5-6,9,13H,3-4,7-8H2/t9-/m1/s1. The summed E-state index contributed by atoms with van der Waals surface area (Å²) in [5.41, 5.74) is 1.09. The third-order valence-electron chi connectivity index (χ3n) is 3.12. The van der Waals surface area contributed by atoms with E-state index in [1.54, 1.807) is 24.3 Å². The summed E-state index contributed by atoms with van der Waals surface area (Å²) in [6.07, 6.45) is 1.91. The molecule has 0 saturated carbocycles. The van der Waals surface area contributed by atoms with E-state index in [4.69, 9.17) is 4.42 Å². The van der Waals surface area contributed by atoms with E-state index in [1.165, 1.54) is 0 Å². The lowest BCUT2D eigenvalue weighted by Crippen LogP contribution is -2.30. The third kappa shape index (κ3) is 2.13. The molecule has 18 heavy (non-hydrogen) atoms. The summed E-state index contributed by atoms with van der Waals surface area (Å²) in [6, 6.07) is 7.08. The van der Waals surface area contributed by atoms with E-state index >= 15 is 0 Å². The predicted octanol–water partition coefficient (Wildman–Crippen LogP) is 1.35. The SMILES string of the molecule is O=S(=O)(C[C@H]1CCCN1)c1nc2ccccc2o1. The Morgan fingerprint density at radius 1 is 1.39 bits per heavy atom. The average molecular weight is 266 g/mol. The summed E-state index contributed by atoms with van der Waals surface area (Å²) >= 11 is 0. The fourth-order valence-corrected chi connectivity index (χ4v) is 3.63. The van der Waals surface area contributed by atoms with Crippen LogP contribution in [0.15, 0.2) is 33.9 Å². The maximum absolute atomic E-state index is 12.2. The summed E-state index contributed by atoms with van der Waals surface area (Å²) in [6.45, 7) is 0.883. The van der Waals surface area contributed by atoms with Crippen LogP contribution in [0, 0.1) is 0 Å². The lowest BCUT2D eigenvalue weighted by molar-refractivity contribution is 0.455. The minimum absolute atomic E-state index is 0.0185. The Labute approximate surface area is 105 Å². The van der Waals surface area contributed by atoms with Gasteiger partial charge in [0.25, 0.3) is 0 Å². The number of para-hydroxylation sites is 2. The number of nitrogens with one attached hydrogen (secondary N) is 1. The highest BCUT2D eigenvalue weighted by molar-refractivity contribution is 7.91. The van der Waals surface area contributed by atoms with Gasteiger partial charge in [0.2, 0.25) is 9.84 Å². The molecule has 96 valence electrons. The first-order valence-corrected chi connectivity index (χ1v) is 7.62. The monoisotopic (exact) mass is 266 g/mol. The molecule has 2 aromatic rings. The van der Waals surface area contributed by atoms with Crippen molar-refractivity contribution in [1.82, 2.24) is 10.3 Å². The molecule has 0 spiro atoms. The maximum atomic E-state index is 12.2. The topological polar surface area (TPSA) is 72.2 Å². The number of sulfone groups is 1. The largest absolute Gasteiger partial charge is 0.428 e. The maximum Gasteiger partial charge on any atom is 0.316 e. The summed E-state index contributed by atoms with van der Waals surface area (Å²) in [4.78, 5) is 4.04. The molecule has 1 atom stereocenters. The second kappa shape index (κ2) is 4.37. The molecule has 1 aliphatic rings. The van der Waals surface area contributed by atoms with Crippen LogP contribution in [0.3, 0.4) is 0 Å². The first kappa shape index (κ1) is 11.7. The predicted molar refractivity (Wildman–Crippen MR) is 67.1 cm³/mol. The van der Waals surface area contributed by atoms with E-state index in [2.05, 4.69) is 10.3 Å². The van der Waals surface area contributed by atoms with E-state index in [0.717, 1.165) is 19.4 Å². The van der Waals surface area contributed by atoms with Crippen LogP contribution in [0.2, 0.25) is 0 Å². The molecule has 1 aliphatic heterocycles. The molecular weight excluding hydrogens is 252 g/mol. The first-order valence-electron chi connectivity index (χ1n) is 5.97. The second-order valence-corrected chi connectivity index (χ2v) is 6.43. The molecule has 0 aliphatic carbocycles. The number of hydrogen-bond acceptors (Lipinski definition) is 5. The van der Waals surface area contributed by atoms with E-state index in [0.29, 0.717) is 11.1 Å². The number of aromatic nitrogens is 1. The molecule has 0 radical (unpaired) electrons. The fraction of sp³-hybridized carbons (Fsp3) is 0.417. The lowest BCUT2D eigenvalue weighted by Gasteiger charge is -2.07. The first-order chi connectivity index (χ1) is 8.65. The highest BCUT2D eigenvalue weighted by Crippen LogP contribution is 2.20. The molecule has 1 saturated heterocycles. The summed E-state index contributed by atoms with van der Waals surface area (Å²) in [5.74, 6) is 0.0554. The van der Waals surface area contributed by atoms with Gasteiger partial charge in [-0.15, -0.1) is 0 Å². The normalized spacial score (nSPS) is 20.6. The van der Waals surface area contributed by atoms with Crippen molar-refractivity contribution >= 4 is 20.9 Å². The van der Waals surface area contributed by atoms with E-state index in [-0.39, 0.29) is 17.0 Å². The van der Waals surface area contributed by atoms with Gasteiger partial charge in [-0.25, -0.2) is 8.42 Å². The van der Waals surface area contributed by atoms with Gasteiger partial charge in [0, 0.05) is 6.04 Å². The molecule has 6 heteroatoms. The van der Waals surface area contributed by atoms with Crippen LogP contribution in [0.5, 0.6) is 0 Å². The van der Waals surface area contributed by atoms with Crippen molar-refractivity contribution in [2.75, 3.05) is 12.3 Å². The van der Waals surface area contributed by atoms with Crippen LogP contribution in [0.4, 0.5) is 0 Å². The van der Waals surface area contributed by atoms with E-state index in [9.17, 15) is 8.42 Å². The average Bonchev–Trinajstić information content (AvgIpc) is 2.96. The van der Waals surface area contributed by atoms with Crippen molar-refractivity contribution in [2.45, 2.75) is 24.1 Å². The van der Waals surface area contributed by atoms with Crippen molar-refractivity contribution in [3.8, 4) is 0 Å². The Bertz CT molecular complexity index is 624. The van der Waals surface area contributed by atoms with Crippen LogP contribution < -0.4 is 5.32 Å². The Morgan fingerprint density at radius 2 is 2.22 bits per heavy atom. The van der Waals surface area contributed by atoms with Gasteiger partial charge >= 0.3 is 5.22 Å². The van der Waals surface area contributed by atoms with Gasteiger partial charge in [0.1, 0.15) is 5.52 Å². The van der Waals surface area contributed by atoms with Gasteiger partial charge < -0.3 is 9.73 Å². The minimum atomic E-state index is -3.45. The molecule has 5 nitrogen and oxygen atoms in total. The molecule has 1 N–H and O–H groups in total. The summed E-state index contributed by atoms with van der Waals surface area (Å²) in [7, 11) is -3.45. The quantitative estimate of drug-likeness (QED) is 0.908. The Balaban J connectivity index is 1.92. The van der Waals surface area contributed by atoms with E-state index < -0.39 is 9.84 Å². The molecule has 1 aromatic carbocycles. The molecule has 0 unspecified atom stereocenters. The zero-order valence-electron chi connectivity index (χ0n) is 9.80. The smallest absolute Gasteiger partial charge is 0.316 e. The highest BCUT2D eigenvalue weighted by Gasteiger charge is 2.27. The molecule has 3 rings (SSSR count). The van der Waals surface area contributed by atoms with Crippen molar-refractivity contribution < 1.29 is 12.8 Å². The van der Waals surface area contributed by atoms with Crippen molar-refractivity contribution in [2.24, 2.45) is 0 Å². The third-order valence-corrected chi connectivity index (χ3v) is 4.67. The minimum Gasteiger partial charge on any atom is -0.428 e. The molecule has 2 heterocycles. The number of fused-ring (bicyclic) bond motifs is 1. The van der Waals surface area contributed by atoms with Gasteiger partial charge in [0.05, 0.1) is 5.75 Å². The van der Waals surface area contributed by atoms with Crippen molar-refractivity contribution in [1.29, 1.82) is 0 Å². The number of nitrogens with zero attached hydrogens (tertiary/aromatic N) is 1. The Hall–Kier alpha value is -1.40. The van der Waals surface area contributed by atoms with Crippen LogP contribution in [0.25, 0.3) is 11.1 Å². The van der Waals surface area contributed by atoms with E-state index in [1.807, 2.05) is 0 Å². The second-order valence-electron chi connectivity index (χ2n) is 4.52. The van der Waals surface area contributed by atoms with Gasteiger partial charge in [-0.3, -0.25) is 0 Å². The molecule has 1 fully saturated rings. The van der Waals surface area contributed by atoms with Crippen molar-refractivity contribution in [3.63, 3.8) is 0 Å². The summed E-state index contributed by atoms with van der Waals surface area (Å²) < 4.78 is 29.6. The number of hydrogen-bond donors (Lipinski definition) is 1. The molecular formula is C12H14N2O3S.